The fourth-order valence-corrected chi connectivity index (χ4v) is 5.77. The van der Waals surface area contributed by atoms with Crippen LogP contribution in [-0.4, -0.2) is 34.4 Å². The Labute approximate surface area is 242 Å². The van der Waals surface area contributed by atoms with Crippen molar-refractivity contribution in [1.82, 2.24) is 10.3 Å². The standard InChI is InChI=1S/C34H41N3O4/c1-34(2,3)27-15-13-24(14-16-27)29(21-23-9-11-26(12-10-23)32(40)35-20-19-31(38)39)33(41)37-28-17-18-30(36-22-28)25-7-5-4-6-8-25/h4-12,17-18,22,24,27,29H,13-16,19-21H2,1-3H3,(H,35,40)(H,37,41)(H,38,39). The van der Waals surface area contributed by atoms with Crippen LogP contribution >= 0.6 is 0 Å². The number of benzene rings is 2. The van der Waals surface area contributed by atoms with Crippen LogP contribution in [0.2, 0.25) is 0 Å². The predicted molar refractivity (Wildman–Crippen MR) is 161 cm³/mol. The summed E-state index contributed by atoms with van der Waals surface area (Å²) in [6.45, 7) is 6.98. The molecular weight excluding hydrogens is 514 g/mol. The van der Waals surface area contributed by atoms with Crippen LogP contribution in [0.1, 0.15) is 68.8 Å². The molecule has 3 aromatic rings. The second-order valence-electron chi connectivity index (χ2n) is 12.2. The van der Waals surface area contributed by atoms with Gasteiger partial charge in [0, 0.05) is 23.6 Å². The summed E-state index contributed by atoms with van der Waals surface area (Å²) >= 11 is 0. The molecule has 1 saturated carbocycles. The normalized spacial score (nSPS) is 17.8. The fraction of sp³-hybridized carbons (Fsp3) is 0.412. The third-order valence-electron chi connectivity index (χ3n) is 8.30. The number of anilines is 1. The van der Waals surface area contributed by atoms with E-state index in [2.05, 4.69) is 36.4 Å². The van der Waals surface area contributed by atoms with Crippen molar-refractivity contribution in [3.63, 3.8) is 0 Å². The first-order valence-electron chi connectivity index (χ1n) is 14.5. The van der Waals surface area contributed by atoms with Crippen molar-refractivity contribution in [2.45, 2.75) is 59.3 Å². The molecular formula is C34H41N3O4. The van der Waals surface area contributed by atoms with Gasteiger partial charge in [0.05, 0.1) is 24.0 Å². The van der Waals surface area contributed by atoms with E-state index in [9.17, 15) is 14.4 Å². The molecule has 4 rings (SSSR count). The van der Waals surface area contributed by atoms with Crippen LogP contribution in [0.15, 0.2) is 72.9 Å². The molecule has 1 aliphatic rings. The maximum absolute atomic E-state index is 13.7. The monoisotopic (exact) mass is 555 g/mol. The molecule has 0 bridgehead atoms. The summed E-state index contributed by atoms with van der Waals surface area (Å²) in [5, 5.41) is 14.5. The maximum atomic E-state index is 13.7. The Morgan fingerprint density at radius 3 is 2.20 bits per heavy atom. The van der Waals surface area contributed by atoms with E-state index in [1.54, 1.807) is 18.3 Å². The van der Waals surface area contributed by atoms with Crippen LogP contribution in [0.4, 0.5) is 5.69 Å². The number of hydrogen-bond donors (Lipinski definition) is 3. The Balaban J connectivity index is 1.46. The fourth-order valence-electron chi connectivity index (χ4n) is 5.77. The number of carboxylic acid groups (broad SMARTS) is 1. The number of carbonyl (C=O) groups is 3. The van der Waals surface area contributed by atoms with Crippen molar-refractivity contribution in [3.8, 4) is 11.3 Å². The second kappa shape index (κ2) is 13.6. The van der Waals surface area contributed by atoms with Crippen molar-refractivity contribution in [2.24, 2.45) is 23.2 Å². The van der Waals surface area contributed by atoms with Gasteiger partial charge in [-0.1, -0.05) is 63.2 Å². The first kappa shape index (κ1) is 30.0. The van der Waals surface area contributed by atoms with Crippen LogP contribution in [-0.2, 0) is 16.0 Å². The van der Waals surface area contributed by atoms with Crippen LogP contribution in [0.3, 0.4) is 0 Å². The molecule has 1 unspecified atom stereocenters. The Kier molecular flexibility index (Phi) is 9.92. The Bertz CT molecular complexity index is 1310. The number of hydrogen-bond acceptors (Lipinski definition) is 4. The highest BCUT2D eigenvalue weighted by Gasteiger charge is 2.35. The largest absolute Gasteiger partial charge is 0.481 e. The molecule has 216 valence electrons. The van der Waals surface area contributed by atoms with Crippen molar-refractivity contribution < 1.29 is 19.5 Å². The molecule has 3 N–H and O–H groups in total. The number of nitrogens with one attached hydrogen (secondary N) is 2. The van der Waals surface area contributed by atoms with Gasteiger partial charge >= 0.3 is 5.97 Å². The number of carboxylic acids is 1. The number of nitrogens with zero attached hydrogens (tertiary/aromatic N) is 1. The average molecular weight is 556 g/mol. The summed E-state index contributed by atoms with van der Waals surface area (Å²) < 4.78 is 0. The molecule has 1 aromatic heterocycles. The van der Waals surface area contributed by atoms with Gasteiger partial charge in [-0.05, 0) is 79.2 Å². The molecule has 7 nitrogen and oxygen atoms in total. The van der Waals surface area contributed by atoms with Gasteiger partial charge in [0.1, 0.15) is 0 Å². The number of rotatable bonds is 10. The summed E-state index contributed by atoms with van der Waals surface area (Å²) in [6, 6.07) is 21.0. The minimum absolute atomic E-state index is 0.00559. The lowest BCUT2D eigenvalue weighted by Crippen LogP contribution is -2.35. The van der Waals surface area contributed by atoms with E-state index in [0.29, 0.717) is 23.6 Å². The topological polar surface area (TPSA) is 108 Å². The Morgan fingerprint density at radius 2 is 1.61 bits per heavy atom. The third-order valence-corrected chi connectivity index (χ3v) is 8.30. The molecule has 0 spiro atoms. The van der Waals surface area contributed by atoms with Crippen molar-refractivity contribution in [2.75, 3.05) is 11.9 Å². The molecule has 0 radical (unpaired) electrons. The van der Waals surface area contributed by atoms with Gasteiger partial charge in [-0.3, -0.25) is 19.4 Å². The van der Waals surface area contributed by atoms with Crippen molar-refractivity contribution in [3.05, 3.63) is 84.1 Å². The van der Waals surface area contributed by atoms with E-state index >= 15 is 0 Å². The summed E-state index contributed by atoms with van der Waals surface area (Å²) in [5.74, 6) is -0.558. The van der Waals surface area contributed by atoms with E-state index in [0.717, 1.165) is 42.5 Å². The van der Waals surface area contributed by atoms with Crippen molar-refractivity contribution >= 4 is 23.5 Å². The number of amides is 2. The van der Waals surface area contributed by atoms with Crippen LogP contribution in [0.5, 0.6) is 0 Å². The second-order valence-corrected chi connectivity index (χ2v) is 12.2. The molecule has 2 amide bonds. The SMILES string of the molecule is CC(C)(C)C1CCC(C(Cc2ccc(C(=O)NCCC(=O)O)cc2)C(=O)Nc2ccc(-c3ccccc3)nc2)CC1. The molecule has 1 heterocycles. The summed E-state index contributed by atoms with van der Waals surface area (Å²) in [7, 11) is 0. The third kappa shape index (κ3) is 8.49. The van der Waals surface area contributed by atoms with Gasteiger partial charge in [0.2, 0.25) is 5.91 Å². The zero-order valence-electron chi connectivity index (χ0n) is 24.2. The number of pyridine rings is 1. The summed E-state index contributed by atoms with van der Waals surface area (Å²) in [6.07, 6.45) is 6.41. The summed E-state index contributed by atoms with van der Waals surface area (Å²) in [5.41, 5.74) is 4.27. The lowest BCUT2D eigenvalue weighted by Gasteiger charge is -2.39. The van der Waals surface area contributed by atoms with Gasteiger partial charge in [0.15, 0.2) is 0 Å². The predicted octanol–water partition coefficient (Wildman–Crippen LogP) is 6.60. The first-order valence-corrected chi connectivity index (χ1v) is 14.5. The van der Waals surface area contributed by atoms with E-state index in [4.69, 9.17) is 5.11 Å². The van der Waals surface area contributed by atoms with Crippen LogP contribution in [0, 0.1) is 23.2 Å². The molecule has 0 saturated heterocycles. The van der Waals surface area contributed by atoms with E-state index < -0.39 is 5.97 Å². The molecule has 1 aliphatic carbocycles. The van der Waals surface area contributed by atoms with Gasteiger partial charge in [-0.25, -0.2) is 0 Å². The average Bonchev–Trinajstić information content (AvgIpc) is 2.96. The molecule has 1 atom stereocenters. The highest BCUT2D eigenvalue weighted by atomic mass is 16.4. The maximum Gasteiger partial charge on any atom is 0.305 e. The van der Waals surface area contributed by atoms with E-state index in [1.165, 1.54) is 0 Å². The number of aliphatic carboxylic acids is 1. The van der Waals surface area contributed by atoms with E-state index in [1.807, 2.05) is 54.6 Å². The minimum atomic E-state index is -0.954. The highest BCUT2D eigenvalue weighted by Crippen LogP contribution is 2.42. The molecule has 2 aromatic carbocycles. The Hall–Kier alpha value is -4.00. The first-order chi connectivity index (χ1) is 19.6. The van der Waals surface area contributed by atoms with Gasteiger partial charge in [-0.15, -0.1) is 0 Å². The van der Waals surface area contributed by atoms with Crippen LogP contribution < -0.4 is 10.6 Å². The minimum Gasteiger partial charge on any atom is -0.481 e. The molecule has 1 fully saturated rings. The number of aromatic nitrogens is 1. The van der Waals surface area contributed by atoms with E-state index in [-0.39, 0.29) is 42.0 Å². The van der Waals surface area contributed by atoms with Gasteiger partial charge in [-0.2, -0.15) is 0 Å². The highest BCUT2D eigenvalue weighted by molar-refractivity contribution is 5.94. The summed E-state index contributed by atoms with van der Waals surface area (Å²) in [4.78, 5) is 41.4. The number of carbonyl (C=O) groups excluding carboxylic acids is 2. The molecule has 7 heteroatoms. The lowest BCUT2D eigenvalue weighted by atomic mass is 9.66. The smallest absolute Gasteiger partial charge is 0.305 e. The zero-order valence-corrected chi connectivity index (χ0v) is 24.2. The quantitative estimate of drug-likeness (QED) is 0.261. The molecule has 41 heavy (non-hydrogen) atoms. The van der Waals surface area contributed by atoms with Gasteiger partial charge < -0.3 is 15.7 Å². The zero-order chi connectivity index (χ0) is 29.4. The van der Waals surface area contributed by atoms with Crippen LogP contribution in [0.25, 0.3) is 11.3 Å². The lowest BCUT2D eigenvalue weighted by molar-refractivity contribution is -0.136. The van der Waals surface area contributed by atoms with Gasteiger partial charge in [0.25, 0.3) is 5.91 Å². The molecule has 0 aliphatic heterocycles. The van der Waals surface area contributed by atoms with Crippen molar-refractivity contribution in [1.29, 1.82) is 0 Å². The Morgan fingerprint density at radius 1 is 0.927 bits per heavy atom.